The summed E-state index contributed by atoms with van der Waals surface area (Å²) in [5.41, 5.74) is 1.41. The zero-order chi connectivity index (χ0) is 17.6. The van der Waals surface area contributed by atoms with Crippen molar-refractivity contribution in [2.24, 2.45) is 10.9 Å². The van der Waals surface area contributed by atoms with Crippen molar-refractivity contribution in [3.8, 4) is 0 Å². The maximum atomic E-state index is 11.3. The molecule has 0 spiro atoms. The Morgan fingerprint density at radius 1 is 1.32 bits per heavy atom. The van der Waals surface area contributed by atoms with Crippen LogP contribution < -0.4 is 5.32 Å². The van der Waals surface area contributed by atoms with Crippen LogP contribution in [0, 0.1) is 5.92 Å². The van der Waals surface area contributed by atoms with Gasteiger partial charge in [0.05, 0.1) is 12.3 Å². The lowest BCUT2D eigenvalue weighted by Gasteiger charge is -2.39. The van der Waals surface area contributed by atoms with Gasteiger partial charge in [-0.1, -0.05) is 37.3 Å². The molecule has 2 unspecified atom stereocenters. The maximum Gasteiger partial charge on any atom is 0.193 e. The number of sulfone groups is 1. The molecule has 1 aromatic rings. The third-order valence-corrected chi connectivity index (χ3v) is 5.42. The quantitative estimate of drug-likeness (QED) is 0.401. The van der Waals surface area contributed by atoms with Gasteiger partial charge in [0, 0.05) is 25.9 Å². The molecule has 1 fully saturated rings. The molecule has 0 bridgehead atoms. The van der Waals surface area contributed by atoms with E-state index in [4.69, 9.17) is 0 Å². The first kappa shape index (κ1) is 22.2. The molecule has 1 aliphatic rings. The van der Waals surface area contributed by atoms with Crippen LogP contribution in [-0.2, 0) is 9.84 Å². The van der Waals surface area contributed by atoms with Gasteiger partial charge in [-0.15, -0.1) is 24.0 Å². The molecule has 1 aliphatic heterocycles. The first-order valence-corrected chi connectivity index (χ1v) is 10.7. The van der Waals surface area contributed by atoms with Crippen molar-refractivity contribution in [2.45, 2.75) is 26.2 Å². The zero-order valence-electron chi connectivity index (χ0n) is 15.3. The molecule has 1 N–H and O–H groups in total. The van der Waals surface area contributed by atoms with Crippen LogP contribution in [0.3, 0.4) is 0 Å². The van der Waals surface area contributed by atoms with Gasteiger partial charge in [-0.05, 0) is 30.7 Å². The molecule has 2 rings (SSSR count). The maximum absolute atomic E-state index is 11.3. The Kier molecular flexibility index (Phi) is 9.20. The van der Waals surface area contributed by atoms with Crippen molar-refractivity contribution < 1.29 is 8.42 Å². The number of halogens is 1. The average molecular weight is 479 g/mol. The summed E-state index contributed by atoms with van der Waals surface area (Å²) in [7, 11) is -2.97. The predicted octanol–water partition coefficient (Wildman–Crippen LogP) is 2.74. The highest BCUT2D eigenvalue weighted by Gasteiger charge is 2.28. The number of nitrogens with zero attached hydrogens (tertiary/aromatic N) is 2. The highest BCUT2D eigenvalue weighted by molar-refractivity contribution is 14.0. The average Bonchev–Trinajstić information content (AvgIpc) is 2.53. The van der Waals surface area contributed by atoms with Gasteiger partial charge in [0.2, 0.25) is 0 Å². The predicted molar refractivity (Wildman–Crippen MR) is 116 cm³/mol. The molecule has 142 valence electrons. The van der Waals surface area contributed by atoms with E-state index in [9.17, 15) is 8.42 Å². The van der Waals surface area contributed by atoms with Crippen LogP contribution in [0.1, 0.15) is 31.7 Å². The van der Waals surface area contributed by atoms with E-state index in [1.165, 1.54) is 11.8 Å². The minimum atomic E-state index is -2.97. The Morgan fingerprint density at radius 3 is 2.56 bits per heavy atom. The molecular weight excluding hydrogens is 449 g/mol. The number of benzene rings is 1. The molecule has 0 radical (unpaired) electrons. The number of likely N-dealkylation sites (tertiary alicyclic amines) is 1. The molecule has 0 amide bonds. The van der Waals surface area contributed by atoms with Crippen LogP contribution in [0.15, 0.2) is 35.3 Å². The van der Waals surface area contributed by atoms with Gasteiger partial charge in [-0.2, -0.15) is 0 Å². The minimum Gasteiger partial charge on any atom is -0.357 e. The normalized spacial score (nSPS) is 21.6. The largest absolute Gasteiger partial charge is 0.357 e. The number of aliphatic imine (C=N–C) groups is 1. The summed E-state index contributed by atoms with van der Waals surface area (Å²) >= 11 is 0. The first-order valence-electron chi connectivity index (χ1n) is 8.66. The van der Waals surface area contributed by atoms with Gasteiger partial charge in [-0.25, -0.2) is 8.42 Å². The van der Waals surface area contributed by atoms with Gasteiger partial charge in [-0.3, -0.25) is 4.99 Å². The number of hydrogen-bond donors (Lipinski definition) is 1. The molecular formula is C18H30IN3O2S. The van der Waals surface area contributed by atoms with E-state index in [1.54, 1.807) is 0 Å². The number of rotatable bonds is 5. The van der Waals surface area contributed by atoms with Crippen LogP contribution in [0.4, 0.5) is 0 Å². The van der Waals surface area contributed by atoms with E-state index in [-0.39, 0.29) is 29.7 Å². The SMILES string of the molecule is CCNC(=NCCS(C)(=O)=O)N1CCC(c2ccccc2)C(C)C1.I. The lowest BCUT2D eigenvalue weighted by Crippen LogP contribution is -2.48. The van der Waals surface area contributed by atoms with Crippen molar-refractivity contribution >= 4 is 39.8 Å². The Labute approximate surface area is 169 Å². The van der Waals surface area contributed by atoms with Crippen LogP contribution in [0.25, 0.3) is 0 Å². The molecule has 0 aromatic heterocycles. The van der Waals surface area contributed by atoms with E-state index in [1.807, 2.05) is 6.92 Å². The number of hydrogen-bond acceptors (Lipinski definition) is 3. The Morgan fingerprint density at radius 2 is 2.00 bits per heavy atom. The summed E-state index contributed by atoms with van der Waals surface area (Å²) in [5.74, 6) is 2.03. The standard InChI is InChI=1S/C18H29N3O2S.HI/c1-4-19-18(20-11-13-24(3,22)23)21-12-10-17(15(2)14-21)16-8-6-5-7-9-16;/h5-9,15,17H,4,10-14H2,1-3H3,(H,19,20);1H. The van der Waals surface area contributed by atoms with E-state index >= 15 is 0 Å². The molecule has 25 heavy (non-hydrogen) atoms. The monoisotopic (exact) mass is 479 g/mol. The molecule has 1 saturated heterocycles. The van der Waals surface area contributed by atoms with Crippen LogP contribution in [0.5, 0.6) is 0 Å². The second kappa shape index (κ2) is 10.4. The van der Waals surface area contributed by atoms with Gasteiger partial charge < -0.3 is 10.2 Å². The Hall–Kier alpha value is -0.830. The number of piperidine rings is 1. The van der Waals surface area contributed by atoms with E-state index in [0.29, 0.717) is 18.4 Å². The molecule has 0 aliphatic carbocycles. The van der Waals surface area contributed by atoms with Crippen molar-refractivity contribution in [1.29, 1.82) is 0 Å². The summed E-state index contributed by atoms with van der Waals surface area (Å²) in [5, 5.41) is 3.29. The number of nitrogens with one attached hydrogen (secondary N) is 1. The summed E-state index contributed by atoms with van der Waals surface area (Å²) in [6.07, 6.45) is 2.34. The summed E-state index contributed by atoms with van der Waals surface area (Å²) in [6, 6.07) is 10.7. The topological polar surface area (TPSA) is 61.8 Å². The Balaban J connectivity index is 0.00000312. The van der Waals surface area contributed by atoms with Gasteiger partial charge in [0.1, 0.15) is 9.84 Å². The highest BCUT2D eigenvalue weighted by Crippen LogP contribution is 2.32. The van der Waals surface area contributed by atoms with Crippen molar-refractivity contribution in [2.75, 3.05) is 38.2 Å². The van der Waals surface area contributed by atoms with Crippen LogP contribution in [-0.4, -0.2) is 57.5 Å². The molecule has 7 heteroatoms. The van der Waals surface area contributed by atoms with Crippen molar-refractivity contribution in [3.63, 3.8) is 0 Å². The fraction of sp³-hybridized carbons (Fsp3) is 0.611. The Bertz CT molecular complexity index is 650. The third kappa shape index (κ3) is 7.13. The van der Waals surface area contributed by atoms with Gasteiger partial charge in [0.25, 0.3) is 0 Å². The second-order valence-electron chi connectivity index (χ2n) is 6.59. The second-order valence-corrected chi connectivity index (χ2v) is 8.85. The van der Waals surface area contributed by atoms with Gasteiger partial charge >= 0.3 is 0 Å². The van der Waals surface area contributed by atoms with Crippen LogP contribution in [0.2, 0.25) is 0 Å². The first-order chi connectivity index (χ1) is 11.4. The van der Waals surface area contributed by atoms with E-state index < -0.39 is 9.84 Å². The van der Waals surface area contributed by atoms with E-state index in [0.717, 1.165) is 32.0 Å². The molecule has 5 nitrogen and oxygen atoms in total. The molecule has 2 atom stereocenters. The summed E-state index contributed by atoms with van der Waals surface area (Å²) in [6.45, 7) is 7.29. The zero-order valence-corrected chi connectivity index (χ0v) is 18.5. The highest BCUT2D eigenvalue weighted by atomic mass is 127. The fourth-order valence-corrected chi connectivity index (χ4v) is 3.70. The third-order valence-electron chi connectivity index (χ3n) is 4.49. The summed E-state index contributed by atoms with van der Waals surface area (Å²) < 4.78 is 22.6. The van der Waals surface area contributed by atoms with E-state index in [2.05, 4.69) is 52.5 Å². The smallest absolute Gasteiger partial charge is 0.193 e. The minimum absolute atomic E-state index is 0. The van der Waals surface area contributed by atoms with Crippen molar-refractivity contribution in [3.05, 3.63) is 35.9 Å². The lowest BCUT2D eigenvalue weighted by atomic mass is 9.82. The molecule has 1 aromatic carbocycles. The van der Waals surface area contributed by atoms with Crippen molar-refractivity contribution in [1.82, 2.24) is 10.2 Å². The fourth-order valence-electron chi connectivity index (χ4n) is 3.28. The summed E-state index contributed by atoms with van der Waals surface area (Å²) in [4.78, 5) is 6.77. The van der Waals surface area contributed by atoms with Gasteiger partial charge in [0.15, 0.2) is 5.96 Å². The molecule has 1 heterocycles. The molecule has 0 saturated carbocycles. The number of guanidine groups is 1. The lowest BCUT2D eigenvalue weighted by molar-refractivity contribution is 0.234. The van der Waals surface area contributed by atoms with Crippen LogP contribution >= 0.6 is 24.0 Å².